The molecule has 0 atom stereocenters. The molecule has 0 bridgehead atoms. The van der Waals surface area contributed by atoms with E-state index in [4.69, 9.17) is 13.9 Å². The average molecular weight is 488 g/mol. The number of ether oxygens (including phenoxy) is 2. The van der Waals surface area contributed by atoms with E-state index < -0.39 is 33.0 Å². The zero-order chi connectivity index (χ0) is 23.9. The molecule has 5 rings (SSSR count). The first-order chi connectivity index (χ1) is 16.3. The van der Waals surface area contributed by atoms with Gasteiger partial charge in [-0.05, 0) is 60.7 Å². The normalized spacial score (nSPS) is 16.5. The maximum atomic E-state index is 14.4. The summed E-state index contributed by atoms with van der Waals surface area (Å²) in [4.78, 5) is 24.5. The lowest BCUT2D eigenvalue weighted by atomic mass is 10.0. The summed E-state index contributed by atoms with van der Waals surface area (Å²) in [5, 5.41) is 0.650. The highest BCUT2D eigenvalue weighted by atomic mass is 32.2. The van der Waals surface area contributed by atoms with E-state index in [2.05, 4.69) is 0 Å². The molecule has 34 heavy (non-hydrogen) atoms. The van der Waals surface area contributed by atoms with Crippen molar-refractivity contribution in [2.75, 3.05) is 26.3 Å². The van der Waals surface area contributed by atoms with Crippen LogP contribution in [0.5, 0.6) is 0 Å². The fraction of sp³-hybridized carbons (Fsp3) is 0.333. The highest BCUT2D eigenvalue weighted by Gasteiger charge is 2.28. The van der Waals surface area contributed by atoms with Crippen LogP contribution >= 0.6 is 0 Å². The molecule has 3 aromatic rings. The molecular formula is C24H22FNO7S. The Hall–Kier alpha value is -3.08. The van der Waals surface area contributed by atoms with Crippen LogP contribution in [-0.4, -0.2) is 45.0 Å². The fourth-order valence-corrected chi connectivity index (χ4v) is 5.83. The number of hydrogen-bond acceptors (Lipinski definition) is 7. The van der Waals surface area contributed by atoms with Gasteiger partial charge in [-0.15, -0.1) is 0 Å². The second-order valence-corrected chi connectivity index (χ2v) is 10.2. The number of rotatable bonds is 5. The summed E-state index contributed by atoms with van der Waals surface area (Å²) in [5.41, 5.74) is 2.05. The Morgan fingerprint density at radius 1 is 1.06 bits per heavy atom. The Bertz CT molecular complexity index is 1440. The van der Waals surface area contributed by atoms with Crippen molar-refractivity contribution in [3.8, 4) is 0 Å². The molecule has 2 heterocycles. The molecule has 1 saturated heterocycles. The molecule has 2 aromatic carbocycles. The summed E-state index contributed by atoms with van der Waals surface area (Å²) in [6, 6.07) is 8.04. The number of carbonyl (C=O) groups excluding carboxylic acids is 1. The summed E-state index contributed by atoms with van der Waals surface area (Å²) in [6.07, 6.45) is 2.85. The van der Waals surface area contributed by atoms with Crippen LogP contribution in [0.1, 0.15) is 33.5 Å². The van der Waals surface area contributed by atoms with Gasteiger partial charge in [0.25, 0.3) is 0 Å². The van der Waals surface area contributed by atoms with Gasteiger partial charge in [0.1, 0.15) is 18.0 Å². The molecule has 1 fully saturated rings. The first-order valence-electron chi connectivity index (χ1n) is 11.0. The zero-order valence-electron chi connectivity index (χ0n) is 18.2. The second kappa shape index (κ2) is 8.94. The molecule has 0 saturated carbocycles. The predicted molar refractivity (Wildman–Crippen MR) is 120 cm³/mol. The van der Waals surface area contributed by atoms with Crippen molar-refractivity contribution in [3.63, 3.8) is 0 Å². The highest BCUT2D eigenvalue weighted by Crippen LogP contribution is 2.29. The third-order valence-corrected chi connectivity index (χ3v) is 8.06. The smallest absolute Gasteiger partial charge is 0.341 e. The largest absolute Gasteiger partial charge is 0.457 e. The Morgan fingerprint density at radius 2 is 1.79 bits per heavy atom. The van der Waals surface area contributed by atoms with Gasteiger partial charge in [0.2, 0.25) is 10.0 Å². The molecule has 1 aliphatic heterocycles. The van der Waals surface area contributed by atoms with E-state index in [1.807, 2.05) is 12.1 Å². The number of halogens is 1. The van der Waals surface area contributed by atoms with E-state index in [9.17, 15) is 22.4 Å². The molecule has 0 N–H and O–H groups in total. The van der Waals surface area contributed by atoms with Gasteiger partial charge >= 0.3 is 11.6 Å². The summed E-state index contributed by atoms with van der Waals surface area (Å²) in [7, 11) is -3.92. The van der Waals surface area contributed by atoms with Crippen LogP contribution in [-0.2, 0) is 38.9 Å². The van der Waals surface area contributed by atoms with Crippen LogP contribution in [0, 0.1) is 5.82 Å². The van der Waals surface area contributed by atoms with E-state index in [-0.39, 0.29) is 37.8 Å². The Kier molecular flexibility index (Phi) is 5.97. The number of nitrogens with zero attached hydrogens (tertiary/aromatic N) is 1. The minimum Gasteiger partial charge on any atom is -0.457 e. The molecule has 0 unspecified atom stereocenters. The van der Waals surface area contributed by atoms with Crippen molar-refractivity contribution in [3.05, 3.63) is 74.9 Å². The quantitative estimate of drug-likeness (QED) is 0.403. The lowest BCUT2D eigenvalue weighted by molar-refractivity contribution is 0.0468. The molecule has 0 radical (unpaired) electrons. The topological polar surface area (TPSA) is 103 Å². The number of hydrogen-bond donors (Lipinski definition) is 0. The second-order valence-electron chi connectivity index (χ2n) is 8.30. The number of benzene rings is 2. The molecule has 0 amide bonds. The lowest BCUT2D eigenvalue weighted by Gasteiger charge is -2.26. The monoisotopic (exact) mass is 487 g/mol. The number of fused-ring (bicyclic) bond motifs is 2. The lowest BCUT2D eigenvalue weighted by Crippen LogP contribution is -2.40. The third kappa shape index (κ3) is 4.24. The number of esters is 1. The van der Waals surface area contributed by atoms with Crippen LogP contribution < -0.4 is 5.63 Å². The van der Waals surface area contributed by atoms with Crippen molar-refractivity contribution in [2.24, 2.45) is 0 Å². The van der Waals surface area contributed by atoms with Crippen molar-refractivity contribution >= 4 is 27.0 Å². The van der Waals surface area contributed by atoms with E-state index in [0.29, 0.717) is 16.5 Å². The molecular weight excluding hydrogens is 465 g/mol. The van der Waals surface area contributed by atoms with Crippen molar-refractivity contribution < 1.29 is 31.5 Å². The van der Waals surface area contributed by atoms with E-state index in [1.54, 1.807) is 0 Å². The van der Waals surface area contributed by atoms with E-state index in [1.165, 1.54) is 10.4 Å². The minimum absolute atomic E-state index is 0.173. The van der Waals surface area contributed by atoms with Crippen LogP contribution in [0.4, 0.5) is 4.39 Å². The maximum Gasteiger partial charge on any atom is 0.341 e. The van der Waals surface area contributed by atoms with Gasteiger partial charge in [0.15, 0.2) is 0 Å². The standard InChI is InChI=1S/C24H22FNO7S/c25-21-5-4-18(34(29,30)26-6-8-31-9-7-26)13-20(21)24(28)32-14-17-12-23(27)33-22-11-16-3-1-2-15(16)10-19(17)22/h4-5,10-13H,1-3,6-9,14H2. The van der Waals surface area contributed by atoms with Gasteiger partial charge < -0.3 is 13.9 Å². The van der Waals surface area contributed by atoms with Gasteiger partial charge in [-0.2, -0.15) is 4.31 Å². The minimum atomic E-state index is -3.92. The van der Waals surface area contributed by atoms with Crippen molar-refractivity contribution in [2.45, 2.75) is 30.8 Å². The molecule has 0 spiro atoms. The Balaban J connectivity index is 1.41. The first-order valence-corrected chi connectivity index (χ1v) is 12.4. The van der Waals surface area contributed by atoms with Crippen molar-refractivity contribution in [1.29, 1.82) is 0 Å². The highest BCUT2D eigenvalue weighted by molar-refractivity contribution is 7.89. The molecule has 10 heteroatoms. The maximum absolute atomic E-state index is 14.4. The van der Waals surface area contributed by atoms with E-state index >= 15 is 0 Å². The van der Waals surface area contributed by atoms with Gasteiger partial charge in [0, 0.05) is 30.1 Å². The number of carbonyl (C=O) groups is 1. The van der Waals surface area contributed by atoms with Gasteiger partial charge in [0.05, 0.1) is 23.7 Å². The van der Waals surface area contributed by atoms with Gasteiger partial charge in [-0.25, -0.2) is 22.4 Å². The average Bonchev–Trinajstić information content (AvgIpc) is 3.29. The van der Waals surface area contributed by atoms with Crippen LogP contribution in [0.15, 0.2) is 50.5 Å². The Morgan fingerprint density at radius 3 is 2.56 bits per heavy atom. The van der Waals surface area contributed by atoms with Gasteiger partial charge in [-0.1, -0.05) is 0 Å². The number of aryl methyl sites for hydroxylation is 2. The fourth-order valence-electron chi connectivity index (χ4n) is 4.39. The SMILES string of the molecule is O=C(OCc1cc(=O)oc2cc3c(cc12)CCC3)c1cc(S(=O)(=O)N2CCOCC2)ccc1F. The zero-order valence-corrected chi connectivity index (χ0v) is 19.0. The molecule has 1 aliphatic carbocycles. The summed E-state index contributed by atoms with van der Waals surface area (Å²) < 4.78 is 57.2. The predicted octanol–water partition coefficient (Wildman–Crippen LogP) is 2.80. The van der Waals surface area contributed by atoms with Crippen LogP contribution in [0.25, 0.3) is 11.0 Å². The van der Waals surface area contributed by atoms with Crippen LogP contribution in [0.3, 0.4) is 0 Å². The van der Waals surface area contributed by atoms with Crippen LogP contribution in [0.2, 0.25) is 0 Å². The summed E-state index contributed by atoms with van der Waals surface area (Å²) in [6.45, 7) is 0.578. The molecule has 2 aliphatic rings. The van der Waals surface area contributed by atoms with E-state index in [0.717, 1.165) is 48.6 Å². The molecule has 178 valence electrons. The number of sulfonamides is 1. The first kappa shape index (κ1) is 22.7. The number of morpholine rings is 1. The van der Waals surface area contributed by atoms with Gasteiger partial charge in [-0.3, -0.25) is 0 Å². The summed E-state index contributed by atoms with van der Waals surface area (Å²) >= 11 is 0. The van der Waals surface area contributed by atoms with Crippen molar-refractivity contribution in [1.82, 2.24) is 4.31 Å². The molecule has 8 nitrogen and oxygen atoms in total. The summed E-state index contributed by atoms with van der Waals surface area (Å²) in [5.74, 6) is -1.93. The Labute approximate surface area is 194 Å². The third-order valence-electron chi connectivity index (χ3n) is 6.17. The molecule has 1 aromatic heterocycles.